The Kier molecular flexibility index (Phi) is 9.04. The van der Waals surface area contributed by atoms with E-state index >= 15 is 0 Å². The molecule has 0 saturated heterocycles. The predicted octanol–water partition coefficient (Wildman–Crippen LogP) is 6.94. The molecule has 5 rings (SSSR count). The molecule has 0 spiro atoms. The Balaban J connectivity index is 1.76. The van der Waals surface area contributed by atoms with Gasteiger partial charge in [-0.3, -0.25) is 9.56 Å². The van der Waals surface area contributed by atoms with Crippen molar-refractivity contribution in [3.05, 3.63) is 130 Å². The number of nitriles is 1. The number of hydrogen-bond acceptors (Lipinski definition) is 4. The number of amides is 1. The van der Waals surface area contributed by atoms with Crippen molar-refractivity contribution in [2.45, 2.75) is 51.4 Å². The van der Waals surface area contributed by atoms with Gasteiger partial charge in [-0.1, -0.05) is 55.8 Å². The van der Waals surface area contributed by atoms with Gasteiger partial charge in [-0.15, -0.1) is 0 Å². The fraction of sp³-hybridized carbons (Fsp3) is 0.235. The van der Waals surface area contributed by atoms with Crippen LogP contribution in [-0.2, 0) is 12.7 Å². The Morgan fingerprint density at radius 2 is 1.78 bits per heavy atom. The zero-order valence-electron chi connectivity index (χ0n) is 24.6. The van der Waals surface area contributed by atoms with Gasteiger partial charge in [0.15, 0.2) is 5.84 Å². The SMILES string of the molecule is C=CN(C(=NCc1ccccc1)c1c(C)n(-c2cccc(C(F)(F)F)c2)c(=O)n1C(=O)NC1CCCC1)c1ccc(C#N)cc1. The maximum Gasteiger partial charge on any atom is 0.416 e. The van der Waals surface area contributed by atoms with E-state index in [0.29, 0.717) is 11.3 Å². The van der Waals surface area contributed by atoms with Crippen molar-refractivity contribution in [2.24, 2.45) is 4.99 Å². The number of amidine groups is 1. The highest BCUT2D eigenvalue weighted by atomic mass is 19.4. The van der Waals surface area contributed by atoms with E-state index in [1.807, 2.05) is 30.3 Å². The number of imidazole rings is 1. The van der Waals surface area contributed by atoms with Gasteiger partial charge in [-0.05, 0) is 67.8 Å². The van der Waals surface area contributed by atoms with Crippen molar-refractivity contribution in [1.82, 2.24) is 14.5 Å². The van der Waals surface area contributed by atoms with E-state index in [-0.39, 0.29) is 35.5 Å². The smallest absolute Gasteiger partial charge is 0.335 e. The van der Waals surface area contributed by atoms with Gasteiger partial charge in [0, 0.05) is 17.9 Å². The van der Waals surface area contributed by atoms with Crippen LogP contribution in [-0.4, -0.2) is 27.0 Å². The molecule has 1 aromatic heterocycles. The van der Waals surface area contributed by atoms with E-state index in [4.69, 9.17) is 4.99 Å². The minimum absolute atomic E-state index is 0.0491. The van der Waals surface area contributed by atoms with Crippen LogP contribution in [0.4, 0.5) is 23.7 Å². The summed E-state index contributed by atoms with van der Waals surface area (Å²) < 4.78 is 43.1. The third-order valence-electron chi connectivity index (χ3n) is 7.75. The number of alkyl halides is 3. The molecule has 230 valence electrons. The molecule has 0 atom stereocenters. The number of nitrogens with one attached hydrogen (secondary N) is 1. The molecule has 1 amide bonds. The van der Waals surface area contributed by atoms with Gasteiger partial charge >= 0.3 is 17.9 Å². The van der Waals surface area contributed by atoms with E-state index in [0.717, 1.165) is 52.5 Å². The largest absolute Gasteiger partial charge is 0.416 e. The second-order valence-corrected chi connectivity index (χ2v) is 10.7. The molecule has 1 heterocycles. The number of halogens is 3. The number of aliphatic imine (C=N–C) groups is 1. The number of anilines is 1. The molecule has 1 saturated carbocycles. The van der Waals surface area contributed by atoms with Crippen LogP contribution in [0, 0.1) is 18.3 Å². The lowest BCUT2D eigenvalue weighted by atomic mass is 10.1. The third-order valence-corrected chi connectivity index (χ3v) is 7.75. The van der Waals surface area contributed by atoms with Crippen molar-refractivity contribution in [2.75, 3.05) is 4.90 Å². The quantitative estimate of drug-likeness (QED) is 0.181. The minimum atomic E-state index is -4.64. The number of aromatic nitrogens is 2. The topological polar surface area (TPSA) is 95.4 Å². The molecule has 1 fully saturated rings. The summed E-state index contributed by atoms with van der Waals surface area (Å²) in [5, 5.41) is 12.3. The summed E-state index contributed by atoms with van der Waals surface area (Å²) in [6.07, 6.45) is 0.198. The lowest BCUT2D eigenvalue weighted by Crippen LogP contribution is -2.43. The maximum atomic E-state index is 14.1. The van der Waals surface area contributed by atoms with Gasteiger partial charge in [0.2, 0.25) is 0 Å². The van der Waals surface area contributed by atoms with E-state index in [1.54, 1.807) is 36.1 Å². The Hall–Kier alpha value is -5.37. The highest BCUT2D eigenvalue weighted by molar-refractivity contribution is 6.12. The van der Waals surface area contributed by atoms with Crippen LogP contribution < -0.4 is 15.9 Å². The summed E-state index contributed by atoms with van der Waals surface area (Å²) >= 11 is 0. The standard InChI is InChI=1S/C34H31F3N6O2/c1-3-41(28-18-16-24(21-38)17-19-28)31(39-22-25-10-5-4-6-11-25)30-23(2)42(29-15-9-12-26(20-29)34(35,36)37)33(45)43(30)32(44)40-27-13-7-8-14-27/h3-6,9-12,15-20,27H,1,7-8,13-14,22H2,2H3,(H,40,44). The molecule has 45 heavy (non-hydrogen) atoms. The van der Waals surface area contributed by atoms with Crippen LogP contribution in [0.1, 0.15) is 53.8 Å². The molecule has 1 N–H and O–H groups in total. The van der Waals surface area contributed by atoms with Gasteiger partial charge in [-0.25, -0.2) is 14.2 Å². The van der Waals surface area contributed by atoms with Gasteiger partial charge in [0.05, 0.1) is 35.1 Å². The van der Waals surface area contributed by atoms with Crippen molar-refractivity contribution >= 4 is 17.6 Å². The number of benzene rings is 3. The molecule has 0 radical (unpaired) electrons. The predicted molar refractivity (Wildman–Crippen MR) is 166 cm³/mol. The Bertz CT molecular complexity index is 1830. The maximum absolute atomic E-state index is 14.1. The summed E-state index contributed by atoms with van der Waals surface area (Å²) in [6.45, 7) is 5.68. The third kappa shape index (κ3) is 6.60. The first-order valence-corrected chi connectivity index (χ1v) is 14.5. The van der Waals surface area contributed by atoms with Gasteiger partial charge in [0.1, 0.15) is 5.69 Å². The van der Waals surface area contributed by atoms with Crippen LogP contribution in [0.25, 0.3) is 5.69 Å². The number of nitrogens with zero attached hydrogens (tertiary/aromatic N) is 5. The van der Waals surface area contributed by atoms with Crippen molar-refractivity contribution in [1.29, 1.82) is 5.26 Å². The Morgan fingerprint density at radius 3 is 2.40 bits per heavy atom. The lowest BCUT2D eigenvalue weighted by molar-refractivity contribution is -0.137. The van der Waals surface area contributed by atoms with Crippen LogP contribution >= 0.6 is 0 Å². The van der Waals surface area contributed by atoms with Crippen molar-refractivity contribution in [3.8, 4) is 11.8 Å². The molecular formula is C34H31F3N6O2. The van der Waals surface area contributed by atoms with E-state index < -0.39 is 23.5 Å². The summed E-state index contributed by atoms with van der Waals surface area (Å²) in [6, 6.07) is 21.6. The Labute approximate surface area is 258 Å². The molecule has 1 aliphatic carbocycles. The van der Waals surface area contributed by atoms with Gasteiger partial charge < -0.3 is 10.2 Å². The molecule has 11 heteroatoms. The minimum Gasteiger partial charge on any atom is -0.335 e. The fourth-order valence-electron chi connectivity index (χ4n) is 5.52. The first kappa shape index (κ1) is 31.1. The molecular weight excluding hydrogens is 581 g/mol. The van der Waals surface area contributed by atoms with E-state index in [1.165, 1.54) is 18.3 Å². The summed E-state index contributed by atoms with van der Waals surface area (Å²) in [4.78, 5) is 34.5. The molecule has 0 aliphatic heterocycles. The monoisotopic (exact) mass is 612 g/mol. The average molecular weight is 613 g/mol. The Morgan fingerprint density at radius 1 is 1.09 bits per heavy atom. The number of carbonyl (C=O) groups is 1. The zero-order valence-corrected chi connectivity index (χ0v) is 24.6. The van der Waals surface area contributed by atoms with E-state index in [9.17, 15) is 28.0 Å². The highest BCUT2D eigenvalue weighted by Gasteiger charge is 2.33. The molecule has 4 aromatic rings. The molecule has 0 bridgehead atoms. The highest BCUT2D eigenvalue weighted by Crippen LogP contribution is 2.31. The first-order valence-electron chi connectivity index (χ1n) is 14.5. The number of rotatable bonds is 7. The van der Waals surface area contributed by atoms with Crippen LogP contribution in [0.3, 0.4) is 0 Å². The van der Waals surface area contributed by atoms with Gasteiger partial charge in [-0.2, -0.15) is 18.4 Å². The summed E-state index contributed by atoms with van der Waals surface area (Å²) in [7, 11) is 0. The second kappa shape index (κ2) is 13.1. The molecule has 8 nitrogen and oxygen atoms in total. The van der Waals surface area contributed by atoms with Crippen molar-refractivity contribution < 1.29 is 18.0 Å². The summed E-state index contributed by atoms with van der Waals surface area (Å²) in [5.74, 6) is 0.167. The normalized spacial score (nSPS) is 13.8. The second-order valence-electron chi connectivity index (χ2n) is 10.7. The number of carbonyl (C=O) groups excluding carboxylic acids is 1. The van der Waals surface area contributed by atoms with Crippen molar-refractivity contribution in [3.63, 3.8) is 0 Å². The number of hydrogen-bond donors (Lipinski definition) is 1. The van der Waals surface area contributed by atoms with E-state index in [2.05, 4.69) is 18.0 Å². The fourth-order valence-corrected chi connectivity index (χ4v) is 5.52. The van der Waals surface area contributed by atoms with Crippen LogP contribution in [0.2, 0.25) is 0 Å². The molecule has 0 unspecified atom stereocenters. The zero-order chi connectivity index (χ0) is 32.1. The average Bonchev–Trinajstić information content (AvgIpc) is 3.64. The lowest BCUT2D eigenvalue weighted by Gasteiger charge is -2.24. The molecule has 3 aromatic carbocycles. The molecule has 1 aliphatic rings. The van der Waals surface area contributed by atoms with Gasteiger partial charge in [0.25, 0.3) is 0 Å². The summed E-state index contributed by atoms with van der Waals surface area (Å²) in [5.41, 5.74) is 0.279. The first-order chi connectivity index (χ1) is 21.6. The van der Waals surface area contributed by atoms with Crippen LogP contribution in [0.15, 0.2) is 101 Å². The van der Waals surface area contributed by atoms with Crippen LogP contribution in [0.5, 0.6) is 0 Å².